The van der Waals surface area contributed by atoms with Crippen LogP contribution in [0.2, 0.25) is 0 Å². The molecule has 0 spiro atoms. The third-order valence-corrected chi connectivity index (χ3v) is 0. The van der Waals surface area contributed by atoms with Gasteiger partial charge in [-0.05, 0) is 0 Å². The number of rotatable bonds is 0. The van der Waals surface area contributed by atoms with Crippen LogP contribution in [0.3, 0.4) is 0 Å². The Morgan fingerprint density at radius 2 is 0.750 bits per heavy atom. The molecule has 0 aromatic rings. The predicted molar refractivity (Wildman–Crippen MR) is 0 cm³/mol. The van der Waals surface area contributed by atoms with E-state index >= 15 is 0 Å². The molecule has 0 bridgehead atoms. The second-order valence-electron chi connectivity index (χ2n) is 0. The zero-order valence-corrected chi connectivity index (χ0v) is 12.6. The maximum absolute atomic E-state index is 0. The zero-order valence-electron chi connectivity index (χ0n) is 2.46. The predicted octanol–water partition coefficient (Wildman–Crippen LogP) is -8.99. The molecule has 1 radical (unpaired) electrons. The van der Waals surface area contributed by atoms with Gasteiger partial charge in [-0.1, -0.05) is 0 Å². The van der Waals surface area contributed by atoms with Crippen LogP contribution in [0.1, 0.15) is 0 Å². The van der Waals surface area contributed by atoms with E-state index in [-0.39, 0.29) is 104 Å². The van der Waals surface area contributed by atoms with Crippen LogP contribution < -0.4 is 76.2 Å². The molecule has 0 atom stereocenters. The van der Waals surface area contributed by atoms with Gasteiger partial charge in [-0.15, -0.1) is 0 Å². The molecule has 0 aliphatic heterocycles. The van der Waals surface area contributed by atoms with Crippen molar-refractivity contribution in [3.8, 4) is 0 Å². The largest absolute Gasteiger partial charge is 1.00 e. The molecule has 0 aromatic heterocycles. The normalized spacial score (nSPS) is 0. The van der Waals surface area contributed by atoms with Gasteiger partial charge in [0, 0.05) is 0 Å². The fourth-order valence-corrected chi connectivity index (χ4v) is 0. The van der Waals surface area contributed by atoms with Crippen LogP contribution >= 0.6 is 0 Å². The summed E-state index contributed by atoms with van der Waals surface area (Å²) in [5.41, 5.74) is 0. The van der Waals surface area contributed by atoms with Crippen molar-refractivity contribution in [1.29, 1.82) is 0 Å². The van der Waals surface area contributed by atoms with E-state index in [9.17, 15) is 0 Å². The molecular weight excluding hydrogens is 311 g/mol. The van der Waals surface area contributed by atoms with Gasteiger partial charge in [0.25, 0.3) is 0 Å². The Labute approximate surface area is 101 Å². The summed E-state index contributed by atoms with van der Waals surface area (Å²) >= 11 is 0. The van der Waals surface area contributed by atoms with Crippen molar-refractivity contribution in [3.63, 3.8) is 0 Å². The molecule has 0 heterocycles. The number of hydrogen-bond donors (Lipinski definition) is 0. The van der Waals surface area contributed by atoms with Gasteiger partial charge in [0.1, 0.15) is 0 Å². The Morgan fingerprint density at radius 3 is 0.750 bits per heavy atom. The van der Waals surface area contributed by atoms with Gasteiger partial charge in [0.2, 0.25) is 0 Å². The van der Waals surface area contributed by atoms with Crippen molar-refractivity contribution in [2.24, 2.45) is 0 Å². The average Bonchev–Trinajstić information content (AvgIpc) is 0. The van der Waals surface area contributed by atoms with Gasteiger partial charge in [-0.3, -0.25) is 0 Å². The number of hydrogen-bond acceptors (Lipinski definition) is 0. The molecule has 0 aliphatic rings. The Balaban J connectivity index is 0. The summed E-state index contributed by atoms with van der Waals surface area (Å²) in [6.07, 6.45) is 0. The first-order chi connectivity index (χ1) is 0. The topological polar surface area (TPSA) is 0 Å². The molecule has 0 saturated heterocycles. The van der Waals surface area contributed by atoms with E-state index in [1.54, 1.807) is 0 Å². The van der Waals surface area contributed by atoms with Crippen LogP contribution in [0.15, 0.2) is 0 Å². The summed E-state index contributed by atoms with van der Waals surface area (Å²) in [5, 5.41) is 0. The quantitative estimate of drug-likeness (QED) is 0.390. The smallest absolute Gasteiger partial charge is 1.00 e. The molecule has 0 N–H and O–H groups in total. The van der Waals surface area contributed by atoms with Crippen molar-refractivity contribution >= 4 is 0 Å². The minimum Gasteiger partial charge on any atom is -1.00 e. The fourth-order valence-electron chi connectivity index (χ4n) is 0. The summed E-state index contributed by atoms with van der Waals surface area (Å²) in [6, 6.07) is 0. The Kier molecular flexibility index (Phi) is 112. The van der Waals surface area contributed by atoms with Crippen LogP contribution in [-0.2, 0) is 27.7 Å². The van der Waals surface area contributed by atoms with E-state index in [4.69, 9.17) is 0 Å². The van der Waals surface area contributed by atoms with Crippen molar-refractivity contribution in [2.45, 2.75) is 0 Å². The van der Waals surface area contributed by atoms with E-state index in [1.165, 1.54) is 0 Å². The Hall–Kier alpha value is 3.15. The first kappa shape index (κ1) is 27.2. The van der Waals surface area contributed by atoms with E-state index < -0.39 is 0 Å². The molecular formula is Cl2HgK. The molecule has 0 rings (SSSR count). The standard InChI is InChI=1S/2ClH.Hg.K/h2*1H;;/q;;2*+1/p-2. The van der Waals surface area contributed by atoms with Gasteiger partial charge in [0.15, 0.2) is 0 Å². The van der Waals surface area contributed by atoms with Crippen LogP contribution in [0.5, 0.6) is 0 Å². The van der Waals surface area contributed by atoms with Gasteiger partial charge < -0.3 is 24.8 Å². The fraction of sp³-hybridized carbons (Fsp3) is 0. The van der Waals surface area contributed by atoms with Gasteiger partial charge >= 0.3 is 79.1 Å². The SMILES string of the molecule is [Cl-].[Cl-].[Hg+].[K+]. The Morgan fingerprint density at radius 1 is 0.750 bits per heavy atom. The molecule has 17 valence electrons. The van der Waals surface area contributed by atoms with E-state index in [0.717, 1.165) is 0 Å². The second-order valence-corrected chi connectivity index (χ2v) is 0. The maximum Gasteiger partial charge on any atom is 1.00 e. The molecule has 0 aliphatic carbocycles. The van der Waals surface area contributed by atoms with Crippen LogP contribution in [0, 0.1) is 0 Å². The van der Waals surface area contributed by atoms with Gasteiger partial charge in [-0.25, -0.2) is 0 Å². The molecule has 4 heteroatoms. The number of halogens is 2. The first-order valence-electron chi connectivity index (χ1n) is 0. The molecule has 0 aromatic carbocycles. The molecule has 0 unspecified atom stereocenters. The minimum atomic E-state index is 0. The first-order valence-corrected chi connectivity index (χ1v) is 0. The van der Waals surface area contributed by atoms with Gasteiger partial charge in [0.05, 0.1) is 0 Å². The van der Waals surface area contributed by atoms with Gasteiger partial charge in [-0.2, -0.15) is 0 Å². The van der Waals surface area contributed by atoms with Crippen LogP contribution in [-0.4, -0.2) is 0 Å². The van der Waals surface area contributed by atoms with E-state index in [0.29, 0.717) is 0 Å². The third-order valence-electron chi connectivity index (χ3n) is 0. The molecule has 0 amide bonds. The average molecular weight is 311 g/mol. The summed E-state index contributed by atoms with van der Waals surface area (Å²) in [4.78, 5) is 0. The summed E-state index contributed by atoms with van der Waals surface area (Å²) < 4.78 is 0. The molecule has 0 saturated carbocycles. The van der Waals surface area contributed by atoms with Crippen molar-refractivity contribution < 1.29 is 104 Å². The molecule has 4 heavy (non-hydrogen) atoms. The van der Waals surface area contributed by atoms with Crippen LogP contribution in [0.25, 0.3) is 0 Å². The Bertz CT molecular complexity index is 6.00. The van der Waals surface area contributed by atoms with Crippen molar-refractivity contribution in [3.05, 3.63) is 0 Å². The molecule has 0 nitrogen and oxygen atoms in total. The summed E-state index contributed by atoms with van der Waals surface area (Å²) in [7, 11) is 0. The zero-order chi connectivity index (χ0) is 0. The molecule has 0 fully saturated rings. The van der Waals surface area contributed by atoms with E-state index in [1.807, 2.05) is 0 Å². The monoisotopic (exact) mass is 311 g/mol. The summed E-state index contributed by atoms with van der Waals surface area (Å²) in [5.74, 6) is 0. The minimum absolute atomic E-state index is 0. The summed E-state index contributed by atoms with van der Waals surface area (Å²) in [6.45, 7) is 0. The van der Waals surface area contributed by atoms with Crippen molar-refractivity contribution in [1.82, 2.24) is 0 Å². The van der Waals surface area contributed by atoms with Crippen molar-refractivity contribution in [2.75, 3.05) is 0 Å². The maximum atomic E-state index is 0. The third kappa shape index (κ3) is 8.94. The van der Waals surface area contributed by atoms with Crippen LogP contribution in [0.4, 0.5) is 0 Å². The van der Waals surface area contributed by atoms with E-state index in [2.05, 4.69) is 0 Å². The second kappa shape index (κ2) is 16.4.